The van der Waals surface area contributed by atoms with Gasteiger partial charge in [-0.05, 0) is 48.6 Å². The van der Waals surface area contributed by atoms with Crippen LogP contribution in [0.15, 0.2) is 12.1 Å². The average molecular weight is 363 g/mol. The van der Waals surface area contributed by atoms with Crippen molar-refractivity contribution in [2.75, 3.05) is 33.3 Å². The van der Waals surface area contributed by atoms with Gasteiger partial charge < -0.3 is 20.1 Å². The molecule has 1 aromatic rings. The van der Waals surface area contributed by atoms with Gasteiger partial charge in [-0.25, -0.2) is 0 Å². The number of nitrogens with zero attached hydrogens (tertiary/aromatic N) is 1. The highest BCUT2D eigenvalue weighted by Gasteiger charge is 2.19. The maximum absolute atomic E-state index is 12.3. The Labute approximate surface area is 149 Å². The second kappa shape index (κ2) is 10.6. The Balaban J connectivity index is 0.00000484. The zero-order chi connectivity index (χ0) is 16.7. The molecule has 0 fully saturated rings. The van der Waals surface area contributed by atoms with E-state index in [0.29, 0.717) is 24.5 Å². The van der Waals surface area contributed by atoms with Crippen LogP contribution in [0.25, 0.3) is 0 Å². The fourth-order valence-corrected chi connectivity index (χ4v) is 2.67. The van der Waals surface area contributed by atoms with Crippen molar-refractivity contribution in [2.24, 2.45) is 5.73 Å². The summed E-state index contributed by atoms with van der Waals surface area (Å²) in [5.74, 6) is 2.20. The number of methoxy groups -OCH3 is 2. The summed E-state index contributed by atoms with van der Waals surface area (Å²) < 4.78 is 10.6. The summed E-state index contributed by atoms with van der Waals surface area (Å²) in [6.45, 7) is 2.49. The molecule has 0 saturated heterocycles. The smallest absolute Gasteiger partial charge is 0.239 e. The Hall–Kier alpha value is -1.11. The predicted octanol–water partition coefficient (Wildman–Crippen LogP) is 2.47. The number of ether oxygens (including phenoxy) is 2. The van der Waals surface area contributed by atoms with Gasteiger partial charge in [0.25, 0.3) is 0 Å². The van der Waals surface area contributed by atoms with E-state index in [4.69, 9.17) is 15.2 Å². The van der Waals surface area contributed by atoms with E-state index in [1.807, 2.05) is 25.3 Å². The number of carbonyl (C=O) groups excluding carboxylic acids is 1. The van der Waals surface area contributed by atoms with Crippen LogP contribution in [-0.4, -0.2) is 50.1 Å². The summed E-state index contributed by atoms with van der Waals surface area (Å²) in [5.41, 5.74) is 8.02. The van der Waals surface area contributed by atoms with Crippen molar-refractivity contribution in [3.05, 3.63) is 23.3 Å². The molecular formula is C16H27ClN2O3S. The molecule has 2 N–H and O–H groups in total. The largest absolute Gasteiger partial charge is 0.493 e. The number of rotatable bonds is 8. The maximum Gasteiger partial charge on any atom is 0.239 e. The molecule has 0 heterocycles. The number of aryl methyl sites for hydroxylation is 1. The van der Waals surface area contributed by atoms with E-state index in [1.54, 1.807) is 37.9 Å². The zero-order valence-electron chi connectivity index (χ0n) is 14.4. The quantitative estimate of drug-likeness (QED) is 0.769. The molecular weight excluding hydrogens is 336 g/mol. The summed E-state index contributed by atoms with van der Waals surface area (Å²) in [5, 5.41) is 0. The number of hydrogen-bond donors (Lipinski definition) is 1. The number of amides is 1. The molecule has 0 unspecified atom stereocenters. The van der Waals surface area contributed by atoms with Crippen LogP contribution in [0.5, 0.6) is 11.5 Å². The van der Waals surface area contributed by atoms with Crippen molar-refractivity contribution >= 4 is 30.1 Å². The number of carbonyl (C=O) groups is 1. The summed E-state index contributed by atoms with van der Waals surface area (Å²) in [6.07, 6.45) is 2.70. The Morgan fingerprint density at radius 2 is 1.87 bits per heavy atom. The van der Waals surface area contributed by atoms with E-state index >= 15 is 0 Å². The number of likely N-dealkylation sites (N-methyl/N-ethyl adjacent to an activating group) is 1. The minimum absolute atomic E-state index is 0. The lowest BCUT2D eigenvalue weighted by atomic mass is 10.1. The number of benzene rings is 1. The van der Waals surface area contributed by atoms with Gasteiger partial charge in [-0.3, -0.25) is 4.79 Å². The van der Waals surface area contributed by atoms with E-state index in [0.717, 1.165) is 16.9 Å². The van der Waals surface area contributed by atoms with Crippen molar-refractivity contribution in [1.82, 2.24) is 4.90 Å². The van der Waals surface area contributed by atoms with Crippen LogP contribution < -0.4 is 15.2 Å². The molecule has 1 amide bonds. The monoisotopic (exact) mass is 362 g/mol. The predicted molar refractivity (Wildman–Crippen MR) is 99.0 cm³/mol. The number of thioether (sulfide) groups is 1. The summed E-state index contributed by atoms with van der Waals surface area (Å²) in [6, 6.07) is 3.38. The average Bonchev–Trinajstić information content (AvgIpc) is 2.52. The van der Waals surface area contributed by atoms with Crippen LogP contribution in [0.4, 0.5) is 0 Å². The lowest BCUT2D eigenvalue weighted by Gasteiger charge is -2.23. The molecule has 0 radical (unpaired) electrons. The van der Waals surface area contributed by atoms with Gasteiger partial charge in [0.05, 0.1) is 20.3 Å². The van der Waals surface area contributed by atoms with E-state index in [1.165, 1.54) is 0 Å². The van der Waals surface area contributed by atoms with Crippen molar-refractivity contribution in [1.29, 1.82) is 0 Å². The molecule has 0 spiro atoms. The van der Waals surface area contributed by atoms with Crippen molar-refractivity contribution in [3.8, 4) is 11.5 Å². The maximum atomic E-state index is 12.3. The van der Waals surface area contributed by atoms with E-state index in [2.05, 4.69) is 0 Å². The molecule has 0 aliphatic heterocycles. The summed E-state index contributed by atoms with van der Waals surface area (Å²) >= 11 is 1.69. The molecule has 1 aromatic carbocycles. The lowest BCUT2D eigenvalue weighted by Crippen LogP contribution is -2.41. The Kier molecular flexibility index (Phi) is 10.1. The number of hydrogen-bond acceptors (Lipinski definition) is 5. The molecule has 23 heavy (non-hydrogen) atoms. The topological polar surface area (TPSA) is 64.8 Å². The van der Waals surface area contributed by atoms with Gasteiger partial charge in [-0.2, -0.15) is 11.8 Å². The third-order valence-electron chi connectivity index (χ3n) is 3.58. The van der Waals surface area contributed by atoms with E-state index in [9.17, 15) is 4.79 Å². The highest BCUT2D eigenvalue weighted by molar-refractivity contribution is 7.98. The molecule has 5 nitrogen and oxygen atoms in total. The normalized spacial score (nSPS) is 11.4. The van der Waals surface area contributed by atoms with E-state index < -0.39 is 6.04 Å². The fourth-order valence-electron chi connectivity index (χ4n) is 2.18. The lowest BCUT2D eigenvalue weighted by molar-refractivity contribution is -0.131. The molecule has 0 aliphatic rings. The number of nitrogens with two attached hydrogens (primary N) is 1. The summed E-state index contributed by atoms with van der Waals surface area (Å²) in [7, 11) is 4.99. The van der Waals surface area contributed by atoms with Crippen LogP contribution >= 0.6 is 24.2 Å². The van der Waals surface area contributed by atoms with Crippen LogP contribution in [0.1, 0.15) is 17.5 Å². The van der Waals surface area contributed by atoms with Crippen LogP contribution in [0.3, 0.4) is 0 Å². The minimum Gasteiger partial charge on any atom is -0.493 e. The first kappa shape index (κ1) is 21.9. The molecule has 132 valence electrons. The second-order valence-electron chi connectivity index (χ2n) is 5.22. The SMILES string of the molecule is COc1cc(C)c(CN(C)C(=O)[C@@H](N)CCSC)cc1OC.Cl. The minimum atomic E-state index is -0.446. The van der Waals surface area contributed by atoms with Gasteiger partial charge in [0.15, 0.2) is 11.5 Å². The van der Waals surface area contributed by atoms with Gasteiger partial charge in [-0.15, -0.1) is 12.4 Å². The fraction of sp³-hybridized carbons (Fsp3) is 0.562. The molecule has 0 bridgehead atoms. The highest BCUT2D eigenvalue weighted by Crippen LogP contribution is 2.30. The zero-order valence-corrected chi connectivity index (χ0v) is 16.1. The Morgan fingerprint density at radius 1 is 1.30 bits per heavy atom. The third-order valence-corrected chi connectivity index (χ3v) is 4.22. The molecule has 1 atom stereocenters. The molecule has 1 rings (SSSR count). The summed E-state index contributed by atoms with van der Waals surface area (Å²) in [4.78, 5) is 13.9. The van der Waals surface area contributed by atoms with Crippen molar-refractivity contribution in [2.45, 2.75) is 25.9 Å². The van der Waals surface area contributed by atoms with Crippen LogP contribution in [0, 0.1) is 6.92 Å². The van der Waals surface area contributed by atoms with E-state index in [-0.39, 0.29) is 18.3 Å². The van der Waals surface area contributed by atoms with Gasteiger partial charge >= 0.3 is 0 Å². The highest BCUT2D eigenvalue weighted by atomic mass is 35.5. The van der Waals surface area contributed by atoms with Crippen molar-refractivity contribution < 1.29 is 14.3 Å². The molecule has 7 heteroatoms. The Bertz CT molecular complexity index is 514. The standard InChI is InChI=1S/C16H26N2O3S.ClH/c1-11-8-14(20-3)15(21-4)9-12(11)10-18(2)16(19)13(17)6-7-22-5;/h8-9,13H,6-7,10,17H2,1-5H3;1H/t13-;/m0./s1. The van der Waals surface area contributed by atoms with Crippen LogP contribution in [-0.2, 0) is 11.3 Å². The molecule has 0 aromatic heterocycles. The molecule has 0 aliphatic carbocycles. The second-order valence-corrected chi connectivity index (χ2v) is 6.20. The van der Waals surface area contributed by atoms with Gasteiger partial charge in [0, 0.05) is 13.6 Å². The van der Waals surface area contributed by atoms with Crippen LogP contribution in [0.2, 0.25) is 0 Å². The van der Waals surface area contributed by atoms with Gasteiger partial charge in [0.1, 0.15) is 0 Å². The van der Waals surface area contributed by atoms with Gasteiger partial charge in [0.2, 0.25) is 5.91 Å². The van der Waals surface area contributed by atoms with Gasteiger partial charge in [-0.1, -0.05) is 0 Å². The first-order valence-electron chi connectivity index (χ1n) is 7.15. The first-order chi connectivity index (χ1) is 10.4. The number of halogens is 1. The first-order valence-corrected chi connectivity index (χ1v) is 8.55. The molecule has 0 saturated carbocycles. The third kappa shape index (κ3) is 6.12. The Morgan fingerprint density at radius 3 is 2.39 bits per heavy atom. The van der Waals surface area contributed by atoms with Crippen molar-refractivity contribution in [3.63, 3.8) is 0 Å².